The van der Waals surface area contributed by atoms with Crippen LogP contribution in [0, 0.1) is 5.92 Å². The van der Waals surface area contributed by atoms with Gasteiger partial charge in [-0.05, 0) is 30.9 Å². The van der Waals surface area contributed by atoms with Crippen molar-refractivity contribution in [3.63, 3.8) is 0 Å². The molecule has 0 spiro atoms. The van der Waals surface area contributed by atoms with Gasteiger partial charge in [0.2, 0.25) is 0 Å². The molecule has 29 heavy (non-hydrogen) atoms. The van der Waals surface area contributed by atoms with Gasteiger partial charge in [0.25, 0.3) is 11.8 Å². The van der Waals surface area contributed by atoms with E-state index in [1.165, 1.54) is 12.8 Å². The van der Waals surface area contributed by atoms with E-state index in [2.05, 4.69) is 15.3 Å². The molecule has 2 aromatic heterocycles. The summed E-state index contributed by atoms with van der Waals surface area (Å²) in [6, 6.07) is 7.97. The number of para-hydroxylation sites is 2. The Morgan fingerprint density at radius 2 is 2.03 bits per heavy atom. The van der Waals surface area contributed by atoms with Crippen molar-refractivity contribution in [2.45, 2.75) is 25.8 Å². The minimum Gasteiger partial charge on any atom is -0.350 e. The second-order valence-corrected chi connectivity index (χ2v) is 7.92. The quantitative estimate of drug-likeness (QED) is 0.691. The summed E-state index contributed by atoms with van der Waals surface area (Å²) in [6.45, 7) is 2.64. The molecule has 1 aliphatic heterocycles. The van der Waals surface area contributed by atoms with Crippen LogP contribution in [-0.4, -0.2) is 55.5 Å². The number of aromatic nitrogens is 4. The van der Waals surface area contributed by atoms with E-state index >= 15 is 0 Å². The van der Waals surface area contributed by atoms with E-state index in [1.807, 2.05) is 40.8 Å². The smallest absolute Gasteiger partial charge is 0.289 e. The van der Waals surface area contributed by atoms with Crippen LogP contribution in [-0.2, 0) is 20.0 Å². The molecule has 150 valence electrons. The summed E-state index contributed by atoms with van der Waals surface area (Å²) in [5.41, 5.74) is 2.32. The summed E-state index contributed by atoms with van der Waals surface area (Å²) >= 11 is 0. The van der Waals surface area contributed by atoms with Gasteiger partial charge in [-0.25, -0.2) is 9.97 Å². The Balaban J connectivity index is 1.22. The van der Waals surface area contributed by atoms with E-state index in [0.29, 0.717) is 43.5 Å². The summed E-state index contributed by atoms with van der Waals surface area (Å²) in [7, 11) is 1.98. The van der Waals surface area contributed by atoms with Crippen molar-refractivity contribution in [2.24, 2.45) is 13.0 Å². The largest absolute Gasteiger partial charge is 0.350 e. The maximum Gasteiger partial charge on any atom is 0.289 e. The highest BCUT2D eigenvalue weighted by Crippen LogP contribution is 2.30. The standard InChI is InChI=1S/C21H24N6O2/c1-25-17-5-3-2-4-15(17)23-18(25)8-9-22-20(28)16-13-26-10-11-27(12-14-6-7-14)21(29)19(26)24-16/h2-5,13-14H,6-12H2,1H3,(H,22,28). The molecule has 1 N–H and O–H groups in total. The molecule has 0 radical (unpaired) electrons. The number of nitrogens with one attached hydrogen (secondary N) is 1. The average Bonchev–Trinajstić information content (AvgIpc) is 3.34. The SMILES string of the molecule is Cn1c(CCNC(=O)c2cn3c(n2)C(=O)N(CC2CC2)CC3)nc2ccccc21. The summed E-state index contributed by atoms with van der Waals surface area (Å²) in [4.78, 5) is 36.0. The fourth-order valence-corrected chi connectivity index (χ4v) is 3.92. The number of nitrogens with zero attached hydrogens (tertiary/aromatic N) is 5. The van der Waals surface area contributed by atoms with Gasteiger partial charge in [0.1, 0.15) is 11.5 Å². The maximum absolute atomic E-state index is 12.6. The molecule has 0 atom stereocenters. The molecular formula is C21H24N6O2. The molecule has 0 unspecified atom stereocenters. The highest BCUT2D eigenvalue weighted by atomic mass is 16.2. The van der Waals surface area contributed by atoms with Crippen LogP contribution in [0.25, 0.3) is 11.0 Å². The summed E-state index contributed by atoms with van der Waals surface area (Å²) in [5, 5.41) is 2.90. The van der Waals surface area contributed by atoms with Crippen LogP contribution in [0.15, 0.2) is 30.5 Å². The van der Waals surface area contributed by atoms with Gasteiger partial charge in [0.15, 0.2) is 5.82 Å². The molecule has 3 aromatic rings. The molecule has 0 bridgehead atoms. The summed E-state index contributed by atoms with van der Waals surface area (Å²) in [5.74, 6) is 1.61. The topological polar surface area (TPSA) is 85.0 Å². The molecule has 1 aliphatic carbocycles. The zero-order valence-electron chi connectivity index (χ0n) is 16.5. The molecule has 1 fully saturated rings. The molecule has 3 heterocycles. The third kappa shape index (κ3) is 3.39. The first-order valence-corrected chi connectivity index (χ1v) is 10.1. The lowest BCUT2D eigenvalue weighted by Crippen LogP contribution is -2.41. The average molecular weight is 392 g/mol. The molecule has 8 nitrogen and oxygen atoms in total. The lowest BCUT2D eigenvalue weighted by molar-refractivity contribution is 0.0688. The van der Waals surface area contributed by atoms with E-state index in [0.717, 1.165) is 23.4 Å². The maximum atomic E-state index is 12.6. The molecular weight excluding hydrogens is 368 g/mol. The van der Waals surface area contributed by atoms with E-state index in [-0.39, 0.29) is 11.8 Å². The second-order valence-electron chi connectivity index (χ2n) is 7.92. The molecule has 2 aliphatic rings. The Bertz CT molecular complexity index is 1090. The first kappa shape index (κ1) is 17.9. The highest BCUT2D eigenvalue weighted by molar-refractivity contribution is 5.96. The van der Waals surface area contributed by atoms with Crippen molar-refractivity contribution in [3.05, 3.63) is 47.8 Å². The van der Waals surface area contributed by atoms with Crippen LogP contribution in [0.4, 0.5) is 0 Å². The molecule has 0 saturated heterocycles. The third-order valence-corrected chi connectivity index (χ3v) is 5.79. The van der Waals surface area contributed by atoms with Crippen molar-refractivity contribution >= 4 is 22.8 Å². The van der Waals surface area contributed by atoms with Crippen molar-refractivity contribution in [3.8, 4) is 0 Å². The number of amides is 2. The first-order chi connectivity index (χ1) is 14.1. The van der Waals surface area contributed by atoms with Gasteiger partial charge in [-0.3, -0.25) is 9.59 Å². The number of rotatable bonds is 6. The molecule has 1 aromatic carbocycles. The van der Waals surface area contributed by atoms with Crippen LogP contribution in [0.3, 0.4) is 0 Å². The lowest BCUT2D eigenvalue weighted by atomic mass is 10.3. The van der Waals surface area contributed by atoms with E-state index in [9.17, 15) is 9.59 Å². The highest BCUT2D eigenvalue weighted by Gasteiger charge is 2.32. The van der Waals surface area contributed by atoms with Crippen molar-refractivity contribution in [2.75, 3.05) is 19.6 Å². The predicted octanol–water partition coefficient (Wildman–Crippen LogP) is 1.61. The first-order valence-electron chi connectivity index (χ1n) is 10.1. The molecule has 1 saturated carbocycles. The van der Waals surface area contributed by atoms with Gasteiger partial charge >= 0.3 is 0 Å². The minimum absolute atomic E-state index is 0.0677. The van der Waals surface area contributed by atoms with Crippen LogP contribution in [0.2, 0.25) is 0 Å². The summed E-state index contributed by atoms with van der Waals surface area (Å²) < 4.78 is 3.84. The Morgan fingerprint density at radius 3 is 2.83 bits per heavy atom. The molecule has 5 rings (SSSR count). The van der Waals surface area contributed by atoms with Crippen molar-refractivity contribution in [1.29, 1.82) is 0 Å². The van der Waals surface area contributed by atoms with Gasteiger partial charge in [-0.15, -0.1) is 0 Å². The minimum atomic E-state index is -0.257. The number of hydrogen-bond acceptors (Lipinski definition) is 4. The third-order valence-electron chi connectivity index (χ3n) is 5.79. The predicted molar refractivity (Wildman–Crippen MR) is 108 cm³/mol. The van der Waals surface area contributed by atoms with Crippen molar-refractivity contribution < 1.29 is 9.59 Å². The van der Waals surface area contributed by atoms with Crippen LogP contribution < -0.4 is 5.32 Å². The van der Waals surface area contributed by atoms with Crippen LogP contribution in [0.1, 0.15) is 39.8 Å². The van der Waals surface area contributed by atoms with Crippen LogP contribution >= 0.6 is 0 Å². The van der Waals surface area contributed by atoms with Gasteiger partial charge in [-0.2, -0.15) is 0 Å². The Kier molecular flexibility index (Phi) is 4.34. The van der Waals surface area contributed by atoms with Crippen LogP contribution in [0.5, 0.6) is 0 Å². The second kappa shape index (κ2) is 7.02. The van der Waals surface area contributed by atoms with Crippen molar-refractivity contribution in [1.82, 2.24) is 29.3 Å². The zero-order chi connectivity index (χ0) is 20.0. The number of hydrogen-bond donors (Lipinski definition) is 1. The fraction of sp³-hybridized carbons (Fsp3) is 0.429. The normalized spacial score (nSPS) is 16.3. The number of benzene rings is 1. The Morgan fingerprint density at radius 1 is 1.21 bits per heavy atom. The Labute approximate surface area is 168 Å². The number of aryl methyl sites for hydroxylation is 1. The van der Waals surface area contributed by atoms with Gasteiger partial charge in [0.05, 0.1) is 11.0 Å². The number of carbonyl (C=O) groups is 2. The Hall–Kier alpha value is -3.16. The lowest BCUT2D eigenvalue weighted by Gasteiger charge is -2.27. The number of imidazole rings is 2. The fourth-order valence-electron chi connectivity index (χ4n) is 3.92. The number of fused-ring (bicyclic) bond motifs is 2. The van der Waals surface area contributed by atoms with Gasteiger partial charge in [-0.1, -0.05) is 12.1 Å². The van der Waals surface area contributed by atoms with Gasteiger partial charge in [0, 0.05) is 45.8 Å². The summed E-state index contributed by atoms with van der Waals surface area (Å²) in [6.07, 6.45) is 4.72. The molecule has 2 amide bonds. The number of carbonyl (C=O) groups excluding carboxylic acids is 2. The van der Waals surface area contributed by atoms with E-state index < -0.39 is 0 Å². The van der Waals surface area contributed by atoms with Gasteiger partial charge < -0.3 is 19.4 Å². The molecule has 8 heteroatoms. The monoisotopic (exact) mass is 392 g/mol. The van der Waals surface area contributed by atoms with E-state index in [4.69, 9.17) is 0 Å². The zero-order valence-corrected chi connectivity index (χ0v) is 16.5. The van der Waals surface area contributed by atoms with E-state index in [1.54, 1.807) is 10.8 Å².